The van der Waals surface area contributed by atoms with Crippen LogP contribution in [0.1, 0.15) is 83.8 Å². The number of hydrogen-bond donors (Lipinski definition) is 2. The molecule has 0 unspecified atom stereocenters. The van der Waals surface area contributed by atoms with Crippen LogP contribution in [0.4, 0.5) is 0 Å². The molecule has 3 amide bonds. The van der Waals surface area contributed by atoms with Gasteiger partial charge >= 0.3 is 5.97 Å². The number of unbranched alkanes of at least 4 members (excludes halogenated alkanes) is 2. The zero-order chi connectivity index (χ0) is 34.1. The maximum atomic E-state index is 14.6. The molecule has 1 aromatic rings. The standard InChI is InChI=1S/C37H53N3O7/c1-6-10-15-22-39(21-8-3)35(44)33-37-20-19-28(47-37)31(32(37)34(43)40(33)27(24-41)25(5)9-4)36(45)46-29(26-16-13-12-14-17-26)23-38-30(42)18-11-7-2/h7-8,12-14,16-17,25,27-29,31-33,41H,2-3,6,9-11,15,18-24H2,1,4-5H3,(H,38,42)/t25-,27-,28+,29+,31-,32-,33+,37-/m0/s1. The zero-order valence-electron chi connectivity index (χ0n) is 28.3. The van der Waals surface area contributed by atoms with E-state index >= 15 is 0 Å². The summed E-state index contributed by atoms with van der Waals surface area (Å²) >= 11 is 0. The van der Waals surface area contributed by atoms with Crippen molar-refractivity contribution in [3.63, 3.8) is 0 Å². The van der Waals surface area contributed by atoms with Crippen LogP contribution in [0.25, 0.3) is 0 Å². The first kappa shape index (κ1) is 36.3. The molecule has 0 radical (unpaired) electrons. The number of nitrogens with zero attached hydrogens (tertiary/aromatic N) is 2. The summed E-state index contributed by atoms with van der Waals surface area (Å²) in [6.45, 7) is 14.2. The molecule has 10 nitrogen and oxygen atoms in total. The molecule has 1 aromatic carbocycles. The maximum absolute atomic E-state index is 14.6. The third-order valence-electron chi connectivity index (χ3n) is 10.3. The minimum atomic E-state index is -1.21. The smallest absolute Gasteiger partial charge is 0.313 e. The summed E-state index contributed by atoms with van der Waals surface area (Å²) in [4.78, 5) is 59.1. The van der Waals surface area contributed by atoms with Gasteiger partial charge in [-0.05, 0) is 37.2 Å². The first-order valence-corrected chi connectivity index (χ1v) is 17.3. The number of esters is 1. The Bertz CT molecular complexity index is 1270. The Kier molecular flexibility index (Phi) is 12.8. The first-order chi connectivity index (χ1) is 22.7. The minimum Gasteiger partial charge on any atom is -0.455 e. The van der Waals surface area contributed by atoms with Crippen molar-refractivity contribution in [3.05, 3.63) is 61.2 Å². The van der Waals surface area contributed by atoms with E-state index in [0.29, 0.717) is 44.3 Å². The Morgan fingerprint density at radius 1 is 1.19 bits per heavy atom. The second kappa shape index (κ2) is 16.6. The van der Waals surface area contributed by atoms with E-state index in [1.165, 1.54) is 0 Å². The van der Waals surface area contributed by atoms with E-state index in [9.17, 15) is 24.3 Å². The molecule has 3 saturated heterocycles. The van der Waals surface area contributed by atoms with Crippen LogP contribution in [0.5, 0.6) is 0 Å². The van der Waals surface area contributed by atoms with Gasteiger partial charge in [0.2, 0.25) is 17.7 Å². The van der Waals surface area contributed by atoms with E-state index in [1.807, 2.05) is 44.2 Å². The highest BCUT2D eigenvalue weighted by Crippen LogP contribution is 2.59. The van der Waals surface area contributed by atoms with Gasteiger partial charge in [-0.25, -0.2) is 0 Å². The van der Waals surface area contributed by atoms with Crippen LogP contribution in [0.2, 0.25) is 0 Å². The predicted molar refractivity (Wildman–Crippen MR) is 179 cm³/mol. The number of allylic oxidation sites excluding steroid dienone is 1. The van der Waals surface area contributed by atoms with Crippen LogP contribution in [-0.4, -0.2) is 88.6 Å². The molecular formula is C37H53N3O7. The van der Waals surface area contributed by atoms with E-state index in [1.54, 1.807) is 22.0 Å². The molecular weight excluding hydrogens is 598 g/mol. The molecule has 10 heteroatoms. The number of likely N-dealkylation sites (tertiary alicyclic amines) is 1. The van der Waals surface area contributed by atoms with Crippen molar-refractivity contribution in [2.45, 2.75) is 102 Å². The number of hydrogen-bond acceptors (Lipinski definition) is 7. The van der Waals surface area contributed by atoms with Crippen LogP contribution in [-0.2, 0) is 28.7 Å². The highest BCUT2D eigenvalue weighted by Gasteiger charge is 2.75. The third-order valence-corrected chi connectivity index (χ3v) is 10.3. The van der Waals surface area contributed by atoms with Gasteiger partial charge in [-0.1, -0.05) is 82.5 Å². The SMILES string of the molecule is C=CCCC(=O)NC[C@@H](OC(=O)[C@@H]1[C@H]2C(=O)N([C@@H](CO)[C@@H](C)CC)[C@H](C(=O)N(CC=C)CCCCC)[C@]23CC[C@H]1O3)c1ccccc1. The van der Waals surface area contributed by atoms with E-state index in [2.05, 4.69) is 25.4 Å². The number of aliphatic hydroxyl groups is 1. The highest BCUT2D eigenvalue weighted by atomic mass is 16.6. The number of amides is 3. The minimum absolute atomic E-state index is 0.0653. The first-order valence-electron chi connectivity index (χ1n) is 17.3. The van der Waals surface area contributed by atoms with Gasteiger partial charge < -0.3 is 29.7 Å². The van der Waals surface area contributed by atoms with Gasteiger partial charge in [0, 0.05) is 19.5 Å². The van der Waals surface area contributed by atoms with Crippen LogP contribution < -0.4 is 5.32 Å². The van der Waals surface area contributed by atoms with Crippen molar-refractivity contribution in [2.75, 3.05) is 26.2 Å². The molecule has 0 saturated carbocycles. The molecule has 2 bridgehead atoms. The number of carbonyl (C=O) groups excluding carboxylic acids is 4. The fraction of sp³-hybridized carbons (Fsp3) is 0.622. The summed E-state index contributed by atoms with van der Waals surface area (Å²) in [7, 11) is 0. The number of carbonyl (C=O) groups is 4. The number of rotatable bonds is 19. The largest absolute Gasteiger partial charge is 0.455 e. The van der Waals surface area contributed by atoms with Gasteiger partial charge in [0.05, 0.1) is 37.1 Å². The number of ether oxygens (including phenoxy) is 2. The molecule has 8 atom stereocenters. The quantitative estimate of drug-likeness (QED) is 0.130. The van der Waals surface area contributed by atoms with Crippen LogP contribution >= 0.6 is 0 Å². The van der Waals surface area contributed by atoms with Gasteiger partial charge in [-0.15, -0.1) is 13.2 Å². The van der Waals surface area contributed by atoms with E-state index in [4.69, 9.17) is 9.47 Å². The van der Waals surface area contributed by atoms with Gasteiger partial charge in [0.1, 0.15) is 17.7 Å². The average molecular weight is 652 g/mol. The number of nitrogens with one attached hydrogen (secondary N) is 1. The van der Waals surface area contributed by atoms with Crippen LogP contribution in [0, 0.1) is 17.8 Å². The summed E-state index contributed by atoms with van der Waals surface area (Å²) in [6.07, 6.45) is 7.17. The Morgan fingerprint density at radius 3 is 2.57 bits per heavy atom. The lowest BCUT2D eigenvalue weighted by Gasteiger charge is -2.41. The Balaban J connectivity index is 1.68. The summed E-state index contributed by atoms with van der Waals surface area (Å²) < 4.78 is 12.8. The van der Waals surface area contributed by atoms with E-state index in [-0.39, 0.29) is 43.2 Å². The molecule has 3 heterocycles. The fourth-order valence-electron chi connectivity index (χ4n) is 7.62. The molecule has 3 aliphatic heterocycles. The number of aliphatic hydroxyl groups excluding tert-OH is 1. The lowest BCUT2D eigenvalue weighted by atomic mass is 9.70. The van der Waals surface area contributed by atoms with Crippen molar-refractivity contribution in [1.29, 1.82) is 0 Å². The van der Waals surface area contributed by atoms with Crippen molar-refractivity contribution in [3.8, 4) is 0 Å². The van der Waals surface area contributed by atoms with Crippen molar-refractivity contribution in [2.24, 2.45) is 17.8 Å². The second-order valence-electron chi connectivity index (χ2n) is 13.2. The Hall–Kier alpha value is -3.50. The molecule has 1 spiro atoms. The van der Waals surface area contributed by atoms with Gasteiger partial charge in [-0.3, -0.25) is 19.2 Å². The van der Waals surface area contributed by atoms with Crippen molar-refractivity contribution in [1.82, 2.24) is 15.1 Å². The van der Waals surface area contributed by atoms with Crippen molar-refractivity contribution < 1.29 is 33.8 Å². The lowest BCUT2D eigenvalue weighted by Crippen LogP contribution is -2.59. The summed E-state index contributed by atoms with van der Waals surface area (Å²) in [6, 6.07) is 7.57. The van der Waals surface area contributed by atoms with Crippen LogP contribution in [0.3, 0.4) is 0 Å². The molecule has 0 aliphatic carbocycles. The van der Waals surface area contributed by atoms with Crippen molar-refractivity contribution >= 4 is 23.7 Å². The summed E-state index contributed by atoms with van der Waals surface area (Å²) in [5.74, 6) is -3.32. The average Bonchev–Trinajstić information content (AvgIpc) is 3.73. The second-order valence-corrected chi connectivity index (χ2v) is 13.2. The zero-order valence-corrected chi connectivity index (χ0v) is 28.3. The van der Waals surface area contributed by atoms with E-state index < -0.39 is 47.7 Å². The fourth-order valence-corrected chi connectivity index (χ4v) is 7.62. The normalized spacial score (nSPS) is 26.3. The summed E-state index contributed by atoms with van der Waals surface area (Å²) in [5.41, 5.74) is -0.505. The Morgan fingerprint density at radius 2 is 1.94 bits per heavy atom. The molecule has 0 aromatic heterocycles. The predicted octanol–water partition coefficient (Wildman–Crippen LogP) is 4.34. The number of benzene rings is 1. The van der Waals surface area contributed by atoms with Gasteiger partial charge in [-0.2, -0.15) is 0 Å². The maximum Gasteiger partial charge on any atom is 0.313 e. The van der Waals surface area contributed by atoms with Crippen LogP contribution in [0.15, 0.2) is 55.6 Å². The highest BCUT2D eigenvalue weighted by molar-refractivity contribution is 5.98. The molecule has 258 valence electrons. The molecule has 3 fully saturated rings. The lowest BCUT2D eigenvalue weighted by molar-refractivity contribution is -0.161. The summed E-state index contributed by atoms with van der Waals surface area (Å²) in [5, 5.41) is 13.5. The van der Waals surface area contributed by atoms with Gasteiger partial charge in [0.25, 0.3) is 0 Å². The van der Waals surface area contributed by atoms with E-state index in [0.717, 1.165) is 19.3 Å². The third kappa shape index (κ3) is 7.49. The molecule has 47 heavy (non-hydrogen) atoms. The van der Waals surface area contributed by atoms with Gasteiger partial charge in [0.15, 0.2) is 0 Å². The molecule has 2 N–H and O–H groups in total. The monoisotopic (exact) mass is 651 g/mol. The molecule has 4 rings (SSSR count). The Labute approximate surface area is 279 Å². The number of fused-ring (bicyclic) bond motifs is 1. The topological polar surface area (TPSA) is 125 Å². The molecule has 3 aliphatic rings.